The SMILES string of the molecule is CC1CCCN(C(=O)Nc2cnn(-c3ccccc3)c2)C1. The second-order valence-electron chi connectivity index (χ2n) is 5.63. The highest BCUT2D eigenvalue weighted by Gasteiger charge is 2.21. The van der Waals surface area contributed by atoms with Gasteiger partial charge >= 0.3 is 6.03 Å². The summed E-state index contributed by atoms with van der Waals surface area (Å²) in [5.74, 6) is 0.580. The van der Waals surface area contributed by atoms with E-state index in [0.717, 1.165) is 30.9 Å². The van der Waals surface area contributed by atoms with E-state index in [2.05, 4.69) is 17.3 Å². The van der Waals surface area contributed by atoms with Gasteiger partial charge in [-0.2, -0.15) is 5.10 Å². The number of amides is 2. The van der Waals surface area contributed by atoms with Crippen LogP contribution in [0.2, 0.25) is 0 Å². The van der Waals surface area contributed by atoms with Gasteiger partial charge in [-0.3, -0.25) is 0 Å². The van der Waals surface area contributed by atoms with Gasteiger partial charge in [0.05, 0.1) is 23.8 Å². The molecule has 2 amide bonds. The second kappa shape index (κ2) is 5.99. The van der Waals surface area contributed by atoms with Gasteiger partial charge in [-0.25, -0.2) is 9.48 Å². The fourth-order valence-electron chi connectivity index (χ4n) is 2.69. The molecule has 0 spiro atoms. The Labute approximate surface area is 124 Å². The molecule has 21 heavy (non-hydrogen) atoms. The number of carbonyl (C=O) groups is 1. The number of carbonyl (C=O) groups excluding carboxylic acids is 1. The number of nitrogens with one attached hydrogen (secondary N) is 1. The Morgan fingerprint density at radius 3 is 2.90 bits per heavy atom. The molecule has 0 aliphatic carbocycles. The van der Waals surface area contributed by atoms with Gasteiger partial charge in [0.25, 0.3) is 0 Å². The fraction of sp³-hybridized carbons (Fsp3) is 0.375. The maximum absolute atomic E-state index is 12.2. The third kappa shape index (κ3) is 3.24. The third-order valence-electron chi connectivity index (χ3n) is 3.80. The number of rotatable bonds is 2. The van der Waals surface area contributed by atoms with Gasteiger partial charge in [-0.05, 0) is 30.9 Å². The summed E-state index contributed by atoms with van der Waals surface area (Å²) in [5.41, 5.74) is 1.70. The number of piperidine rings is 1. The topological polar surface area (TPSA) is 50.2 Å². The van der Waals surface area contributed by atoms with Crippen LogP contribution >= 0.6 is 0 Å². The van der Waals surface area contributed by atoms with Crippen LogP contribution in [-0.4, -0.2) is 33.8 Å². The Morgan fingerprint density at radius 1 is 1.33 bits per heavy atom. The molecule has 110 valence electrons. The third-order valence-corrected chi connectivity index (χ3v) is 3.80. The van der Waals surface area contributed by atoms with E-state index in [4.69, 9.17) is 0 Å². The first kappa shape index (κ1) is 13.7. The Hall–Kier alpha value is -2.30. The number of anilines is 1. The molecule has 3 rings (SSSR count). The van der Waals surface area contributed by atoms with E-state index in [1.165, 1.54) is 6.42 Å². The van der Waals surface area contributed by atoms with Gasteiger partial charge in [0.2, 0.25) is 0 Å². The molecule has 1 aliphatic rings. The first-order valence-corrected chi connectivity index (χ1v) is 7.38. The van der Waals surface area contributed by atoms with E-state index < -0.39 is 0 Å². The van der Waals surface area contributed by atoms with E-state index in [0.29, 0.717) is 5.92 Å². The molecule has 0 bridgehead atoms. The number of para-hydroxylation sites is 1. The summed E-state index contributed by atoms with van der Waals surface area (Å²) in [6.45, 7) is 3.86. The second-order valence-corrected chi connectivity index (χ2v) is 5.63. The Bertz CT molecular complexity index is 608. The summed E-state index contributed by atoms with van der Waals surface area (Å²) in [7, 11) is 0. The van der Waals surface area contributed by atoms with Gasteiger partial charge < -0.3 is 10.2 Å². The molecule has 0 radical (unpaired) electrons. The van der Waals surface area contributed by atoms with E-state index in [-0.39, 0.29) is 6.03 Å². The van der Waals surface area contributed by atoms with Crippen LogP contribution in [0.1, 0.15) is 19.8 Å². The van der Waals surface area contributed by atoms with Gasteiger partial charge in [0, 0.05) is 13.1 Å². The zero-order chi connectivity index (χ0) is 14.7. The summed E-state index contributed by atoms with van der Waals surface area (Å²) < 4.78 is 1.76. The lowest BCUT2D eigenvalue weighted by Gasteiger charge is -2.30. The smallest absolute Gasteiger partial charge is 0.321 e. The Kier molecular flexibility index (Phi) is 3.90. The number of likely N-dealkylation sites (tertiary alicyclic amines) is 1. The van der Waals surface area contributed by atoms with Crippen molar-refractivity contribution in [2.45, 2.75) is 19.8 Å². The average molecular weight is 284 g/mol. The average Bonchev–Trinajstić information content (AvgIpc) is 2.97. The highest BCUT2D eigenvalue weighted by Crippen LogP contribution is 2.17. The van der Waals surface area contributed by atoms with Crippen LogP contribution < -0.4 is 5.32 Å². The molecule has 2 heterocycles. The lowest BCUT2D eigenvalue weighted by atomic mass is 10.0. The maximum atomic E-state index is 12.2. The van der Waals surface area contributed by atoms with Crippen LogP contribution in [0.4, 0.5) is 10.5 Å². The molecule has 2 aromatic rings. The van der Waals surface area contributed by atoms with Gasteiger partial charge in [0.15, 0.2) is 0 Å². The van der Waals surface area contributed by atoms with E-state index >= 15 is 0 Å². The van der Waals surface area contributed by atoms with Crippen LogP contribution in [0.15, 0.2) is 42.7 Å². The molecular formula is C16H20N4O. The maximum Gasteiger partial charge on any atom is 0.321 e. The molecule has 1 atom stereocenters. The Balaban J connectivity index is 1.66. The van der Waals surface area contributed by atoms with E-state index in [1.807, 2.05) is 41.4 Å². The molecule has 1 N–H and O–H groups in total. The minimum absolute atomic E-state index is 0.0332. The van der Waals surface area contributed by atoms with Crippen LogP contribution in [0.3, 0.4) is 0 Å². The van der Waals surface area contributed by atoms with Crippen LogP contribution in [-0.2, 0) is 0 Å². The standard InChI is InChI=1S/C16H20N4O/c1-13-6-5-9-19(11-13)16(21)18-14-10-17-20(12-14)15-7-3-2-4-8-15/h2-4,7-8,10,12-13H,5-6,9,11H2,1H3,(H,18,21). The lowest BCUT2D eigenvalue weighted by Crippen LogP contribution is -2.41. The minimum Gasteiger partial charge on any atom is -0.324 e. The van der Waals surface area contributed by atoms with Crippen molar-refractivity contribution in [2.24, 2.45) is 5.92 Å². The Morgan fingerprint density at radius 2 is 2.14 bits per heavy atom. The van der Waals surface area contributed by atoms with Crippen LogP contribution in [0, 0.1) is 5.92 Å². The van der Waals surface area contributed by atoms with Crippen molar-refractivity contribution in [1.29, 1.82) is 0 Å². The van der Waals surface area contributed by atoms with Gasteiger partial charge in [0.1, 0.15) is 0 Å². The largest absolute Gasteiger partial charge is 0.324 e. The quantitative estimate of drug-likeness (QED) is 0.921. The summed E-state index contributed by atoms with van der Waals surface area (Å²) >= 11 is 0. The molecule has 1 fully saturated rings. The van der Waals surface area contributed by atoms with Gasteiger partial charge in [-0.15, -0.1) is 0 Å². The molecule has 1 aromatic heterocycles. The molecule has 1 aliphatic heterocycles. The van der Waals surface area contributed by atoms with Crippen molar-refractivity contribution in [3.63, 3.8) is 0 Å². The predicted octanol–water partition coefficient (Wildman–Crippen LogP) is 3.14. The summed E-state index contributed by atoms with van der Waals surface area (Å²) in [5, 5.41) is 7.21. The first-order valence-electron chi connectivity index (χ1n) is 7.38. The normalized spacial score (nSPS) is 18.5. The van der Waals surface area contributed by atoms with Crippen LogP contribution in [0.25, 0.3) is 5.69 Å². The molecule has 0 saturated carbocycles. The zero-order valence-corrected chi connectivity index (χ0v) is 12.2. The monoisotopic (exact) mass is 284 g/mol. The molecule has 1 saturated heterocycles. The molecule has 5 nitrogen and oxygen atoms in total. The van der Waals surface area contributed by atoms with E-state index in [1.54, 1.807) is 10.9 Å². The molecular weight excluding hydrogens is 264 g/mol. The molecule has 1 aromatic carbocycles. The number of hydrogen-bond donors (Lipinski definition) is 1. The van der Waals surface area contributed by atoms with Gasteiger partial charge in [-0.1, -0.05) is 25.1 Å². The molecule has 1 unspecified atom stereocenters. The first-order chi connectivity index (χ1) is 10.2. The van der Waals surface area contributed by atoms with Crippen LogP contribution in [0.5, 0.6) is 0 Å². The van der Waals surface area contributed by atoms with Crippen molar-refractivity contribution in [1.82, 2.24) is 14.7 Å². The number of nitrogens with zero attached hydrogens (tertiary/aromatic N) is 3. The number of urea groups is 1. The zero-order valence-electron chi connectivity index (χ0n) is 12.2. The van der Waals surface area contributed by atoms with Crippen molar-refractivity contribution < 1.29 is 4.79 Å². The van der Waals surface area contributed by atoms with Crippen molar-refractivity contribution in [3.05, 3.63) is 42.7 Å². The van der Waals surface area contributed by atoms with Crippen molar-refractivity contribution in [2.75, 3.05) is 18.4 Å². The fourth-order valence-corrected chi connectivity index (χ4v) is 2.69. The summed E-state index contributed by atoms with van der Waals surface area (Å²) in [6, 6.07) is 9.81. The van der Waals surface area contributed by atoms with E-state index in [9.17, 15) is 4.79 Å². The summed E-state index contributed by atoms with van der Waals surface area (Å²) in [4.78, 5) is 14.1. The summed E-state index contributed by atoms with van der Waals surface area (Å²) in [6.07, 6.45) is 5.80. The lowest BCUT2D eigenvalue weighted by molar-refractivity contribution is 0.182. The highest BCUT2D eigenvalue weighted by atomic mass is 16.2. The minimum atomic E-state index is -0.0332. The highest BCUT2D eigenvalue weighted by molar-refractivity contribution is 5.89. The molecule has 5 heteroatoms. The number of benzene rings is 1. The van der Waals surface area contributed by atoms with Crippen molar-refractivity contribution in [3.8, 4) is 5.69 Å². The number of aromatic nitrogens is 2. The van der Waals surface area contributed by atoms with Crippen molar-refractivity contribution >= 4 is 11.7 Å². The predicted molar refractivity (Wildman–Crippen MR) is 82.6 cm³/mol. The number of hydrogen-bond acceptors (Lipinski definition) is 2.